The van der Waals surface area contributed by atoms with E-state index in [9.17, 15) is 31.2 Å². The number of sulfonamides is 1. The second-order valence-electron chi connectivity index (χ2n) is 10.4. The quantitative estimate of drug-likeness (QED) is 0.409. The van der Waals surface area contributed by atoms with Crippen molar-refractivity contribution in [1.82, 2.24) is 8.87 Å². The first-order valence-corrected chi connectivity index (χ1v) is 14.5. The number of carbonyl (C=O) groups excluding carboxylic acids is 2. The lowest BCUT2D eigenvalue weighted by molar-refractivity contribution is -0.125. The Kier molecular flexibility index (Phi) is 7.32. The van der Waals surface area contributed by atoms with E-state index in [0.29, 0.717) is 22.7 Å². The Hall–Kier alpha value is -3.18. The molecule has 2 aliphatic rings. The standard InChI is InChI=1S/C28H30F3N3O4S/c29-28(30,31)39(37,38)33-13-11-22(12-14-33)34-17-24(20-5-2-6-21(16-20)27(32)36)23-9-7-18(15-25(23)34)8-10-26(35)19-3-1-4-19/h2,5-7,9,15-17,19,22H,1,3-4,8,10-14H2,(H2,32,36). The van der Waals surface area contributed by atoms with Crippen LogP contribution in [-0.2, 0) is 21.2 Å². The third-order valence-corrected chi connectivity index (χ3v) is 9.66. The second kappa shape index (κ2) is 10.4. The van der Waals surface area contributed by atoms with Gasteiger partial charge in [0.1, 0.15) is 5.78 Å². The van der Waals surface area contributed by atoms with Crippen molar-refractivity contribution >= 4 is 32.6 Å². The van der Waals surface area contributed by atoms with Crippen LogP contribution in [0, 0.1) is 5.92 Å². The highest BCUT2D eigenvalue weighted by molar-refractivity contribution is 7.90. The molecule has 1 saturated heterocycles. The second-order valence-corrected chi connectivity index (χ2v) is 12.4. The molecule has 0 unspecified atom stereocenters. The SMILES string of the molecule is NC(=O)c1cccc(-c2cn(C3CCN(S(=O)(=O)C(F)(F)F)CC3)c3cc(CCC(=O)C4CCC4)ccc23)c1. The molecule has 3 aromatic rings. The maximum Gasteiger partial charge on any atom is 0.511 e. The van der Waals surface area contributed by atoms with Crippen LogP contribution in [-0.4, -0.2) is 47.6 Å². The van der Waals surface area contributed by atoms with E-state index in [1.165, 1.54) is 0 Å². The Labute approximate surface area is 224 Å². The lowest BCUT2D eigenvalue weighted by Gasteiger charge is -2.32. The van der Waals surface area contributed by atoms with Crippen LogP contribution < -0.4 is 5.73 Å². The molecule has 39 heavy (non-hydrogen) atoms. The maximum absolute atomic E-state index is 13.1. The zero-order valence-corrected chi connectivity index (χ0v) is 22.1. The first kappa shape index (κ1) is 27.4. The van der Waals surface area contributed by atoms with Gasteiger partial charge in [-0.05, 0) is 61.4 Å². The molecule has 7 nitrogen and oxygen atoms in total. The number of amides is 1. The number of rotatable bonds is 8. The lowest BCUT2D eigenvalue weighted by atomic mass is 9.80. The smallest absolute Gasteiger partial charge is 0.366 e. The van der Waals surface area contributed by atoms with Crippen molar-refractivity contribution in [3.8, 4) is 11.1 Å². The van der Waals surface area contributed by atoms with Crippen molar-refractivity contribution in [2.45, 2.75) is 56.5 Å². The van der Waals surface area contributed by atoms with E-state index in [1.807, 2.05) is 35.0 Å². The number of nitrogens with zero attached hydrogens (tertiary/aromatic N) is 2. The van der Waals surface area contributed by atoms with Gasteiger partial charge in [-0.3, -0.25) is 9.59 Å². The molecule has 2 N–H and O–H groups in total. The van der Waals surface area contributed by atoms with Gasteiger partial charge in [-0.1, -0.05) is 30.7 Å². The van der Waals surface area contributed by atoms with Crippen LogP contribution in [0.2, 0.25) is 0 Å². The predicted molar refractivity (Wildman–Crippen MR) is 141 cm³/mol. The molecule has 0 bridgehead atoms. The molecular formula is C28H30F3N3O4S. The highest BCUT2D eigenvalue weighted by atomic mass is 32.2. The fourth-order valence-electron chi connectivity index (χ4n) is 5.53. The average molecular weight is 562 g/mol. The zero-order chi connectivity index (χ0) is 27.9. The molecule has 1 aliphatic carbocycles. The van der Waals surface area contributed by atoms with E-state index in [0.717, 1.165) is 46.9 Å². The molecule has 1 amide bonds. The largest absolute Gasteiger partial charge is 0.511 e. The summed E-state index contributed by atoms with van der Waals surface area (Å²) >= 11 is 0. The molecule has 0 atom stereocenters. The van der Waals surface area contributed by atoms with Gasteiger partial charge in [-0.2, -0.15) is 17.5 Å². The summed E-state index contributed by atoms with van der Waals surface area (Å²) < 4.78 is 65.6. The molecule has 1 aromatic heterocycles. The Bertz CT molecular complexity index is 1520. The fraction of sp³-hybridized carbons (Fsp3) is 0.429. The number of nitrogens with two attached hydrogens (primary N) is 1. The molecule has 0 radical (unpaired) electrons. The number of Topliss-reactive ketones (excluding diaryl/α,β-unsaturated/α-hetero) is 1. The predicted octanol–water partition coefficient (Wildman–Crippen LogP) is 5.20. The number of fused-ring (bicyclic) bond motifs is 1. The molecule has 2 heterocycles. The number of alkyl halides is 3. The van der Waals surface area contributed by atoms with Gasteiger partial charge in [0.15, 0.2) is 0 Å². The minimum atomic E-state index is -5.38. The van der Waals surface area contributed by atoms with Gasteiger partial charge in [-0.15, -0.1) is 0 Å². The lowest BCUT2D eigenvalue weighted by Crippen LogP contribution is -2.45. The van der Waals surface area contributed by atoms with Gasteiger partial charge in [0.2, 0.25) is 5.91 Å². The molecule has 11 heteroatoms. The summed E-state index contributed by atoms with van der Waals surface area (Å²) in [6.45, 7) is -0.484. The van der Waals surface area contributed by atoms with E-state index in [1.54, 1.807) is 18.2 Å². The first-order valence-electron chi connectivity index (χ1n) is 13.1. The van der Waals surface area contributed by atoms with E-state index in [-0.39, 0.29) is 43.7 Å². The summed E-state index contributed by atoms with van der Waals surface area (Å²) in [5, 5.41) is 0.885. The van der Waals surface area contributed by atoms with Crippen molar-refractivity contribution in [2.75, 3.05) is 13.1 Å². The monoisotopic (exact) mass is 561 g/mol. The topological polar surface area (TPSA) is 102 Å². The maximum atomic E-state index is 13.1. The van der Waals surface area contributed by atoms with Crippen LogP contribution in [0.5, 0.6) is 0 Å². The number of benzene rings is 2. The summed E-state index contributed by atoms with van der Waals surface area (Å²) in [7, 11) is -5.38. The fourth-order valence-corrected chi connectivity index (χ4v) is 6.52. The van der Waals surface area contributed by atoms with Crippen LogP contribution in [0.15, 0.2) is 48.7 Å². The molecule has 5 rings (SSSR count). The van der Waals surface area contributed by atoms with Crippen molar-refractivity contribution in [1.29, 1.82) is 0 Å². The Morgan fingerprint density at radius 3 is 2.33 bits per heavy atom. The van der Waals surface area contributed by atoms with Crippen LogP contribution in [0.25, 0.3) is 22.0 Å². The summed E-state index contributed by atoms with van der Waals surface area (Å²) in [5.41, 5.74) is 3.92. The molecule has 1 saturated carbocycles. The minimum absolute atomic E-state index is 0.167. The molecular weight excluding hydrogens is 531 g/mol. The number of hydrogen-bond acceptors (Lipinski definition) is 4. The van der Waals surface area contributed by atoms with Crippen molar-refractivity contribution in [3.63, 3.8) is 0 Å². The molecule has 0 spiro atoms. The van der Waals surface area contributed by atoms with Gasteiger partial charge in [-0.25, -0.2) is 8.42 Å². The Morgan fingerprint density at radius 2 is 1.72 bits per heavy atom. The van der Waals surface area contributed by atoms with Crippen molar-refractivity contribution in [3.05, 3.63) is 59.8 Å². The number of hydrogen-bond donors (Lipinski definition) is 1. The van der Waals surface area contributed by atoms with Gasteiger partial charge in [0.05, 0.1) is 0 Å². The molecule has 2 fully saturated rings. The van der Waals surface area contributed by atoms with Crippen LogP contribution in [0.1, 0.15) is 60.5 Å². The van der Waals surface area contributed by atoms with E-state index in [4.69, 9.17) is 5.73 Å². The summed E-state index contributed by atoms with van der Waals surface area (Å²) in [6.07, 6.45) is 6.39. The Balaban J connectivity index is 1.48. The van der Waals surface area contributed by atoms with E-state index >= 15 is 0 Å². The number of piperidine rings is 1. The zero-order valence-electron chi connectivity index (χ0n) is 21.3. The summed E-state index contributed by atoms with van der Waals surface area (Å²) in [4.78, 5) is 24.2. The highest BCUT2D eigenvalue weighted by Gasteiger charge is 2.50. The number of primary amides is 1. The van der Waals surface area contributed by atoms with Crippen LogP contribution in [0.4, 0.5) is 13.2 Å². The van der Waals surface area contributed by atoms with Crippen LogP contribution >= 0.6 is 0 Å². The third kappa shape index (κ3) is 5.34. The molecule has 1 aliphatic heterocycles. The number of halogens is 3. The van der Waals surface area contributed by atoms with E-state index < -0.39 is 21.4 Å². The average Bonchev–Trinajstić information content (AvgIpc) is 3.25. The minimum Gasteiger partial charge on any atom is -0.366 e. The van der Waals surface area contributed by atoms with Gasteiger partial charge >= 0.3 is 15.5 Å². The summed E-state index contributed by atoms with van der Waals surface area (Å²) in [6, 6.07) is 12.6. The van der Waals surface area contributed by atoms with Crippen molar-refractivity contribution in [2.24, 2.45) is 11.7 Å². The van der Waals surface area contributed by atoms with Crippen molar-refractivity contribution < 1.29 is 31.2 Å². The number of aromatic nitrogens is 1. The highest BCUT2D eigenvalue weighted by Crippen LogP contribution is 2.38. The molecule has 208 valence electrons. The normalized spacial score (nSPS) is 17.8. The number of ketones is 1. The molecule has 2 aromatic carbocycles. The van der Waals surface area contributed by atoms with E-state index in [2.05, 4.69) is 0 Å². The first-order chi connectivity index (χ1) is 18.5. The summed E-state index contributed by atoms with van der Waals surface area (Å²) in [5.74, 6) is -0.115. The number of aryl methyl sites for hydroxylation is 1. The number of carbonyl (C=O) groups is 2. The van der Waals surface area contributed by atoms with Gasteiger partial charge in [0, 0.05) is 59.7 Å². The van der Waals surface area contributed by atoms with Gasteiger partial charge < -0.3 is 10.3 Å². The Morgan fingerprint density at radius 1 is 1.00 bits per heavy atom. The van der Waals surface area contributed by atoms with Gasteiger partial charge in [0.25, 0.3) is 0 Å². The van der Waals surface area contributed by atoms with Crippen LogP contribution in [0.3, 0.4) is 0 Å². The third-order valence-electron chi connectivity index (χ3n) is 8.03.